The first kappa shape index (κ1) is 19.2. The van der Waals surface area contributed by atoms with Gasteiger partial charge in [-0.3, -0.25) is 0 Å². The van der Waals surface area contributed by atoms with Crippen molar-refractivity contribution in [2.24, 2.45) is 0 Å². The number of aromatic nitrogens is 1. The molecular weight excluding hydrogens is 386 g/mol. The van der Waals surface area contributed by atoms with Crippen LogP contribution in [0.2, 0.25) is 0 Å². The Kier molecular flexibility index (Phi) is 4.83. The van der Waals surface area contributed by atoms with Crippen LogP contribution in [0.4, 0.5) is 0 Å². The molecule has 0 bridgehead atoms. The molecule has 0 radical (unpaired) electrons. The molecule has 0 saturated carbocycles. The molecule has 0 atom stereocenters. The molecular formula is C27H23NO3. The van der Waals surface area contributed by atoms with Crippen molar-refractivity contribution in [3.63, 3.8) is 0 Å². The van der Waals surface area contributed by atoms with Crippen LogP contribution >= 0.6 is 0 Å². The van der Waals surface area contributed by atoms with Crippen LogP contribution in [-0.4, -0.2) is 18.7 Å². The largest absolute Gasteiger partial charge is 0.497 e. The van der Waals surface area contributed by atoms with Gasteiger partial charge in [-0.2, -0.15) is 0 Å². The monoisotopic (exact) mass is 409 g/mol. The number of ether oxygens (including phenoxy) is 3. The standard InChI is InChI=1S/C27H23NO3/c1-3-30-26-22-16-17-27(19-10-6-4-7-11-19,20-12-8-5-9-13-20)31-25(22)23-18-21(29-2)14-15-24(23)28-26/h4-18H,3H2,1-2H3. The van der Waals surface area contributed by atoms with Crippen LogP contribution in [0.3, 0.4) is 0 Å². The lowest BCUT2D eigenvalue weighted by Gasteiger charge is -2.36. The molecule has 31 heavy (non-hydrogen) atoms. The quantitative estimate of drug-likeness (QED) is 0.406. The fraction of sp³-hybridized carbons (Fsp3) is 0.148. The van der Waals surface area contributed by atoms with Crippen LogP contribution in [-0.2, 0) is 5.60 Å². The molecule has 1 aliphatic heterocycles. The van der Waals surface area contributed by atoms with E-state index in [1.54, 1.807) is 7.11 Å². The molecule has 0 saturated heterocycles. The van der Waals surface area contributed by atoms with Crippen molar-refractivity contribution in [2.75, 3.05) is 13.7 Å². The van der Waals surface area contributed by atoms with Crippen LogP contribution in [0.25, 0.3) is 17.0 Å². The number of hydrogen-bond acceptors (Lipinski definition) is 4. The van der Waals surface area contributed by atoms with E-state index in [9.17, 15) is 0 Å². The molecule has 3 aromatic carbocycles. The minimum Gasteiger partial charge on any atom is -0.497 e. The highest BCUT2D eigenvalue weighted by Crippen LogP contribution is 2.47. The second-order valence-electron chi connectivity index (χ2n) is 7.38. The van der Waals surface area contributed by atoms with E-state index in [0.717, 1.165) is 39.1 Å². The van der Waals surface area contributed by atoms with E-state index in [0.29, 0.717) is 12.5 Å². The highest BCUT2D eigenvalue weighted by atomic mass is 16.5. The second kappa shape index (κ2) is 7.80. The first-order chi connectivity index (χ1) is 15.2. The summed E-state index contributed by atoms with van der Waals surface area (Å²) in [6.07, 6.45) is 4.16. The first-order valence-electron chi connectivity index (χ1n) is 10.4. The Morgan fingerprint density at radius 3 is 2.19 bits per heavy atom. The lowest BCUT2D eigenvalue weighted by molar-refractivity contribution is 0.162. The zero-order valence-corrected chi connectivity index (χ0v) is 17.5. The van der Waals surface area contributed by atoms with Crippen LogP contribution in [0.1, 0.15) is 23.6 Å². The van der Waals surface area contributed by atoms with Gasteiger partial charge in [0.25, 0.3) is 0 Å². The van der Waals surface area contributed by atoms with Crippen LogP contribution in [0.5, 0.6) is 17.4 Å². The maximum atomic E-state index is 6.93. The van der Waals surface area contributed by atoms with Gasteiger partial charge in [0.2, 0.25) is 5.88 Å². The molecule has 0 spiro atoms. The van der Waals surface area contributed by atoms with Gasteiger partial charge in [-0.15, -0.1) is 0 Å². The van der Waals surface area contributed by atoms with Gasteiger partial charge in [-0.1, -0.05) is 60.7 Å². The lowest BCUT2D eigenvalue weighted by atomic mass is 9.83. The average molecular weight is 409 g/mol. The molecule has 1 aliphatic rings. The molecule has 0 unspecified atom stereocenters. The fourth-order valence-corrected chi connectivity index (χ4v) is 4.08. The smallest absolute Gasteiger partial charge is 0.225 e. The van der Waals surface area contributed by atoms with Crippen LogP contribution < -0.4 is 14.2 Å². The third-order valence-electron chi connectivity index (χ3n) is 5.58. The van der Waals surface area contributed by atoms with E-state index < -0.39 is 5.60 Å². The summed E-state index contributed by atoms with van der Waals surface area (Å²) in [5.74, 6) is 2.06. The highest BCUT2D eigenvalue weighted by Gasteiger charge is 2.38. The van der Waals surface area contributed by atoms with E-state index >= 15 is 0 Å². The topological polar surface area (TPSA) is 40.6 Å². The van der Waals surface area contributed by atoms with E-state index in [1.807, 2.05) is 61.5 Å². The highest BCUT2D eigenvalue weighted by molar-refractivity contribution is 5.92. The zero-order valence-electron chi connectivity index (χ0n) is 17.5. The van der Waals surface area contributed by atoms with Crippen molar-refractivity contribution in [3.05, 3.63) is 102 Å². The Bertz CT molecular complexity index is 1210. The molecule has 0 aliphatic carbocycles. The molecule has 5 rings (SSSR count). The first-order valence-corrected chi connectivity index (χ1v) is 10.4. The van der Waals surface area contributed by atoms with Gasteiger partial charge in [-0.25, -0.2) is 4.98 Å². The van der Waals surface area contributed by atoms with Crippen molar-refractivity contribution >= 4 is 17.0 Å². The van der Waals surface area contributed by atoms with Crippen molar-refractivity contribution in [2.45, 2.75) is 12.5 Å². The molecule has 0 N–H and O–H groups in total. The third kappa shape index (κ3) is 3.21. The van der Waals surface area contributed by atoms with Gasteiger partial charge in [0.05, 0.1) is 24.8 Å². The normalized spacial score (nSPS) is 14.0. The number of fused-ring (bicyclic) bond motifs is 3. The number of benzene rings is 3. The Labute approximate surface area is 181 Å². The molecule has 0 fully saturated rings. The van der Waals surface area contributed by atoms with Gasteiger partial charge < -0.3 is 14.2 Å². The van der Waals surface area contributed by atoms with E-state index in [-0.39, 0.29) is 0 Å². The van der Waals surface area contributed by atoms with Crippen molar-refractivity contribution in [1.82, 2.24) is 4.98 Å². The molecule has 4 nitrogen and oxygen atoms in total. The Morgan fingerprint density at radius 1 is 0.903 bits per heavy atom. The summed E-state index contributed by atoms with van der Waals surface area (Å²) in [7, 11) is 1.66. The summed E-state index contributed by atoms with van der Waals surface area (Å²) in [5.41, 5.74) is 2.97. The van der Waals surface area contributed by atoms with Crippen molar-refractivity contribution < 1.29 is 14.2 Å². The van der Waals surface area contributed by atoms with Crippen LogP contribution in [0.15, 0.2) is 84.9 Å². The Hall–Kier alpha value is -3.79. The molecule has 154 valence electrons. The fourth-order valence-electron chi connectivity index (χ4n) is 4.08. The van der Waals surface area contributed by atoms with Gasteiger partial charge in [0.1, 0.15) is 11.5 Å². The minimum absolute atomic E-state index is 0.525. The summed E-state index contributed by atoms with van der Waals surface area (Å²) in [6.45, 7) is 2.48. The van der Waals surface area contributed by atoms with Crippen LogP contribution in [0, 0.1) is 0 Å². The number of pyridine rings is 1. The van der Waals surface area contributed by atoms with E-state index in [4.69, 9.17) is 19.2 Å². The summed E-state index contributed by atoms with van der Waals surface area (Å²) in [4.78, 5) is 4.74. The molecule has 1 aromatic heterocycles. The Morgan fingerprint density at radius 2 is 1.58 bits per heavy atom. The Balaban J connectivity index is 1.80. The lowest BCUT2D eigenvalue weighted by Crippen LogP contribution is -2.34. The van der Waals surface area contributed by atoms with Crippen molar-refractivity contribution in [1.29, 1.82) is 0 Å². The summed E-state index contributed by atoms with van der Waals surface area (Å²) >= 11 is 0. The van der Waals surface area contributed by atoms with Gasteiger partial charge >= 0.3 is 0 Å². The van der Waals surface area contributed by atoms with Gasteiger partial charge in [0, 0.05) is 16.5 Å². The predicted octanol–water partition coefficient (Wildman–Crippen LogP) is 5.99. The summed E-state index contributed by atoms with van der Waals surface area (Å²) < 4.78 is 18.3. The van der Waals surface area contributed by atoms with E-state index in [1.165, 1.54) is 0 Å². The molecule has 2 heterocycles. The average Bonchev–Trinajstić information content (AvgIpc) is 2.85. The number of hydrogen-bond donors (Lipinski definition) is 0. The minimum atomic E-state index is -0.767. The molecule has 4 aromatic rings. The predicted molar refractivity (Wildman–Crippen MR) is 123 cm³/mol. The van der Waals surface area contributed by atoms with Gasteiger partial charge in [-0.05, 0) is 37.3 Å². The SMILES string of the molecule is CCOc1nc2ccc(OC)cc2c2c1C=CC(c1ccccc1)(c1ccccc1)O2. The molecule has 4 heteroatoms. The van der Waals surface area contributed by atoms with Crippen molar-refractivity contribution in [3.8, 4) is 17.4 Å². The third-order valence-corrected chi connectivity index (χ3v) is 5.58. The summed E-state index contributed by atoms with van der Waals surface area (Å²) in [5, 5.41) is 0.887. The number of rotatable bonds is 5. The second-order valence-corrected chi connectivity index (χ2v) is 7.38. The zero-order chi connectivity index (χ0) is 21.3. The summed E-state index contributed by atoms with van der Waals surface area (Å²) in [6, 6.07) is 26.3. The maximum absolute atomic E-state index is 6.93. The maximum Gasteiger partial charge on any atom is 0.225 e. The number of nitrogens with zero attached hydrogens (tertiary/aromatic N) is 1. The van der Waals surface area contributed by atoms with E-state index in [2.05, 4.69) is 36.4 Å². The van der Waals surface area contributed by atoms with Gasteiger partial charge in [0.15, 0.2) is 5.60 Å². The molecule has 0 amide bonds. The number of methoxy groups -OCH3 is 1.